The van der Waals surface area contributed by atoms with Crippen molar-refractivity contribution in [1.29, 1.82) is 0 Å². The van der Waals surface area contributed by atoms with Crippen LogP contribution in [0.25, 0.3) is 0 Å². The summed E-state index contributed by atoms with van der Waals surface area (Å²) in [4.78, 5) is 0. The van der Waals surface area contributed by atoms with Crippen LogP contribution in [0.15, 0.2) is 0 Å². The maximum Gasteiger partial charge on any atom is 0.0847 e. The lowest BCUT2D eigenvalue weighted by molar-refractivity contribution is 0.200. The van der Waals surface area contributed by atoms with Crippen molar-refractivity contribution in [3.05, 3.63) is 16.4 Å². The zero-order valence-corrected chi connectivity index (χ0v) is 12.4. The molecule has 4 heteroatoms. The van der Waals surface area contributed by atoms with E-state index in [9.17, 15) is 0 Å². The second-order valence-electron chi connectivity index (χ2n) is 5.72. The summed E-state index contributed by atoms with van der Waals surface area (Å²) in [7, 11) is 0. The second kappa shape index (κ2) is 5.22. The normalized spacial score (nSPS) is 28.6. The molecule has 0 radical (unpaired) electrons. The van der Waals surface area contributed by atoms with Gasteiger partial charge in [0.15, 0.2) is 0 Å². The molecule has 2 atom stereocenters. The van der Waals surface area contributed by atoms with E-state index in [1.54, 1.807) is 0 Å². The Morgan fingerprint density at radius 1 is 1.50 bits per heavy atom. The fourth-order valence-corrected chi connectivity index (χ4v) is 3.25. The van der Waals surface area contributed by atoms with Gasteiger partial charge < -0.3 is 5.73 Å². The maximum absolute atomic E-state index is 6.64. The largest absolute Gasteiger partial charge is 0.325 e. The van der Waals surface area contributed by atoms with Gasteiger partial charge in [0.2, 0.25) is 0 Å². The van der Waals surface area contributed by atoms with Gasteiger partial charge in [-0.25, -0.2) is 0 Å². The molecule has 0 bridgehead atoms. The first-order chi connectivity index (χ1) is 8.48. The monoisotopic (exact) mass is 269 g/mol. The van der Waals surface area contributed by atoms with Crippen LogP contribution in [0.2, 0.25) is 5.02 Å². The average molecular weight is 270 g/mol. The van der Waals surface area contributed by atoms with Crippen LogP contribution < -0.4 is 5.73 Å². The van der Waals surface area contributed by atoms with Crippen molar-refractivity contribution >= 4 is 11.6 Å². The third-order valence-corrected chi connectivity index (χ3v) is 4.95. The van der Waals surface area contributed by atoms with Gasteiger partial charge in [-0.05, 0) is 32.6 Å². The summed E-state index contributed by atoms with van der Waals surface area (Å²) in [6.07, 6.45) is 5.71. The van der Waals surface area contributed by atoms with Crippen molar-refractivity contribution < 1.29 is 0 Å². The van der Waals surface area contributed by atoms with Crippen LogP contribution in [0.3, 0.4) is 0 Å². The van der Waals surface area contributed by atoms with Crippen LogP contribution in [0.4, 0.5) is 0 Å². The minimum atomic E-state index is -0.110. The van der Waals surface area contributed by atoms with Gasteiger partial charge in [-0.15, -0.1) is 0 Å². The van der Waals surface area contributed by atoms with E-state index in [0.29, 0.717) is 5.92 Å². The van der Waals surface area contributed by atoms with Gasteiger partial charge >= 0.3 is 0 Å². The fourth-order valence-electron chi connectivity index (χ4n) is 3.05. The molecule has 18 heavy (non-hydrogen) atoms. The molecule has 1 saturated carbocycles. The predicted molar refractivity (Wildman–Crippen MR) is 75.9 cm³/mol. The fraction of sp³-hybridized carbons (Fsp3) is 0.786. The summed E-state index contributed by atoms with van der Waals surface area (Å²) in [5.41, 5.74) is 8.56. The number of hydrogen-bond donors (Lipinski definition) is 1. The highest BCUT2D eigenvalue weighted by atomic mass is 35.5. The second-order valence-corrected chi connectivity index (χ2v) is 6.10. The van der Waals surface area contributed by atoms with Crippen LogP contribution in [0.5, 0.6) is 0 Å². The lowest BCUT2D eigenvalue weighted by Gasteiger charge is -2.39. The molecule has 3 nitrogen and oxygen atoms in total. The number of hydrogen-bond acceptors (Lipinski definition) is 2. The molecule has 1 aliphatic carbocycles. The van der Waals surface area contributed by atoms with Gasteiger partial charge in [-0.1, -0.05) is 31.4 Å². The van der Waals surface area contributed by atoms with E-state index in [4.69, 9.17) is 17.3 Å². The predicted octanol–water partition coefficient (Wildman–Crippen LogP) is 3.31. The summed E-state index contributed by atoms with van der Waals surface area (Å²) in [6, 6.07) is 0. The van der Waals surface area contributed by atoms with Crippen molar-refractivity contribution in [2.45, 2.75) is 65.0 Å². The van der Waals surface area contributed by atoms with Gasteiger partial charge in [0.25, 0.3) is 0 Å². The highest BCUT2D eigenvalue weighted by Crippen LogP contribution is 2.36. The van der Waals surface area contributed by atoms with Gasteiger partial charge in [-0.3, -0.25) is 4.68 Å². The number of aromatic nitrogens is 2. The van der Waals surface area contributed by atoms with Crippen LogP contribution in [-0.4, -0.2) is 15.3 Å². The molecule has 1 heterocycles. The molecule has 0 aliphatic heterocycles. The Morgan fingerprint density at radius 3 is 2.83 bits per heavy atom. The Hall–Kier alpha value is -0.540. The quantitative estimate of drug-likeness (QED) is 0.915. The Bertz CT molecular complexity index is 427. The summed E-state index contributed by atoms with van der Waals surface area (Å²) >= 11 is 6.38. The Labute approximate surface area is 115 Å². The van der Waals surface area contributed by atoms with Gasteiger partial charge in [0.05, 0.1) is 16.4 Å². The first-order valence-corrected chi connectivity index (χ1v) is 7.36. The molecule has 0 amide bonds. The van der Waals surface area contributed by atoms with Crippen molar-refractivity contribution in [2.75, 3.05) is 0 Å². The highest BCUT2D eigenvalue weighted by Gasteiger charge is 2.36. The molecule has 1 aromatic heterocycles. The molecule has 1 fully saturated rings. The third kappa shape index (κ3) is 2.43. The Balaban J connectivity index is 2.27. The summed E-state index contributed by atoms with van der Waals surface area (Å²) < 4.78 is 2.01. The third-order valence-electron chi connectivity index (χ3n) is 4.46. The first kappa shape index (κ1) is 13.9. The number of aryl methyl sites for hydroxylation is 2. The minimum Gasteiger partial charge on any atom is -0.325 e. The molecule has 2 rings (SSSR count). The topological polar surface area (TPSA) is 43.8 Å². The minimum absolute atomic E-state index is 0.110. The Kier molecular flexibility index (Phi) is 4.02. The van der Waals surface area contributed by atoms with Crippen LogP contribution in [0, 0.1) is 12.8 Å². The zero-order valence-electron chi connectivity index (χ0n) is 11.7. The number of nitrogens with two attached hydrogens (primary N) is 1. The molecule has 0 aromatic carbocycles. The molecule has 0 saturated heterocycles. The molecule has 1 aliphatic rings. The summed E-state index contributed by atoms with van der Waals surface area (Å²) in [5.74, 6) is 0.558. The van der Waals surface area contributed by atoms with E-state index in [1.165, 1.54) is 19.3 Å². The molecule has 2 unspecified atom stereocenters. The van der Waals surface area contributed by atoms with E-state index in [-0.39, 0.29) is 5.54 Å². The van der Waals surface area contributed by atoms with E-state index in [2.05, 4.69) is 18.9 Å². The summed E-state index contributed by atoms with van der Waals surface area (Å²) in [6.45, 7) is 7.19. The lowest BCUT2D eigenvalue weighted by atomic mass is 9.72. The molecule has 2 N–H and O–H groups in total. The average Bonchev–Trinajstić information content (AvgIpc) is 2.61. The molecular formula is C14H24ClN3. The SMILES string of the molecule is CCn1nc(C)c(Cl)c1CC1(N)CCCCC1C. The van der Waals surface area contributed by atoms with Crippen LogP contribution >= 0.6 is 11.6 Å². The van der Waals surface area contributed by atoms with E-state index in [1.807, 2.05) is 11.6 Å². The molecule has 102 valence electrons. The maximum atomic E-state index is 6.64. The highest BCUT2D eigenvalue weighted by molar-refractivity contribution is 6.31. The number of rotatable bonds is 3. The van der Waals surface area contributed by atoms with Gasteiger partial charge in [0.1, 0.15) is 0 Å². The van der Waals surface area contributed by atoms with Gasteiger partial charge in [0, 0.05) is 18.5 Å². The number of nitrogens with zero attached hydrogens (tertiary/aromatic N) is 2. The van der Waals surface area contributed by atoms with E-state index in [0.717, 1.165) is 35.8 Å². The van der Waals surface area contributed by atoms with Gasteiger partial charge in [-0.2, -0.15) is 5.10 Å². The summed E-state index contributed by atoms with van der Waals surface area (Å²) in [5, 5.41) is 5.28. The Morgan fingerprint density at radius 2 is 2.22 bits per heavy atom. The zero-order chi connectivity index (χ0) is 13.3. The van der Waals surface area contributed by atoms with Crippen molar-refractivity contribution in [3.63, 3.8) is 0 Å². The number of halogens is 1. The standard InChI is InChI=1S/C14H24ClN3/c1-4-18-12(13(15)11(3)17-18)9-14(16)8-6-5-7-10(14)2/h10H,4-9,16H2,1-3H3. The van der Waals surface area contributed by atoms with E-state index < -0.39 is 0 Å². The molecular weight excluding hydrogens is 246 g/mol. The van der Waals surface area contributed by atoms with Crippen molar-refractivity contribution in [3.8, 4) is 0 Å². The lowest BCUT2D eigenvalue weighted by Crippen LogP contribution is -2.50. The molecule has 1 aromatic rings. The van der Waals surface area contributed by atoms with Crippen molar-refractivity contribution in [1.82, 2.24) is 9.78 Å². The van der Waals surface area contributed by atoms with E-state index >= 15 is 0 Å². The smallest absolute Gasteiger partial charge is 0.0847 e. The van der Waals surface area contributed by atoms with Crippen LogP contribution in [0.1, 0.15) is 50.9 Å². The van der Waals surface area contributed by atoms with Crippen LogP contribution in [-0.2, 0) is 13.0 Å². The first-order valence-electron chi connectivity index (χ1n) is 6.98. The molecule has 0 spiro atoms. The van der Waals surface area contributed by atoms with Crippen molar-refractivity contribution in [2.24, 2.45) is 11.7 Å².